The van der Waals surface area contributed by atoms with Crippen molar-refractivity contribution >= 4 is 34.8 Å². The van der Waals surface area contributed by atoms with Crippen molar-refractivity contribution < 1.29 is 19.5 Å². The number of aromatic nitrogens is 2. The molecule has 29 heavy (non-hydrogen) atoms. The summed E-state index contributed by atoms with van der Waals surface area (Å²) in [5, 5.41) is 13.7. The smallest absolute Gasteiger partial charge is 0.307 e. The maximum absolute atomic E-state index is 10.8. The van der Waals surface area contributed by atoms with Gasteiger partial charge in [0.1, 0.15) is 18.1 Å². The number of aliphatic carboxylic acids is 1. The molecular weight excluding hydrogens is 414 g/mol. The molecule has 7 nitrogen and oxygen atoms in total. The standard InChI is InChI=1S/C20H18ClN3O4S/c1-27-23-17(10-11-19(25)26)13-4-8-16(9-5-13)28-12-18-20(22-24-29-18)14-2-6-15(21)7-3-14/h2-10,23H,11-12H2,1H3,(H,25,26). The molecule has 1 aromatic heterocycles. The Labute approximate surface area is 176 Å². The van der Waals surface area contributed by atoms with Gasteiger partial charge in [0, 0.05) is 10.6 Å². The number of hydrogen-bond acceptors (Lipinski definition) is 7. The molecule has 3 aromatic rings. The number of benzene rings is 2. The third-order valence-corrected chi connectivity index (χ3v) is 4.85. The zero-order valence-electron chi connectivity index (χ0n) is 15.5. The van der Waals surface area contributed by atoms with Gasteiger partial charge >= 0.3 is 5.97 Å². The van der Waals surface area contributed by atoms with Gasteiger partial charge in [0.15, 0.2) is 0 Å². The third kappa shape index (κ3) is 5.77. The summed E-state index contributed by atoms with van der Waals surface area (Å²) in [7, 11) is 1.47. The summed E-state index contributed by atoms with van der Waals surface area (Å²) in [5.74, 6) is -0.255. The maximum Gasteiger partial charge on any atom is 0.307 e. The summed E-state index contributed by atoms with van der Waals surface area (Å²) >= 11 is 7.22. The van der Waals surface area contributed by atoms with E-state index >= 15 is 0 Å². The highest BCUT2D eigenvalue weighted by molar-refractivity contribution is 7.05. The Morgan fingerprint density at radius 3 is 2.59 bits per heavy atom. The molecule has 150 valence electrons. The van der Waals surface area contributed by atoms with Gasteiger partial charge in [-0.25, -0.2) is 0 Å². The van der Waals surface area contributed by atoms with E-state index in [1.165, 1.54) is 18.6 Å². The monoisotopic (exact) mass is 431 g/mol. The van der Waals surface area contributed by atoms with E-state index in [0.29, 0.717) is 23.1 Å². The Balaban J connectivity index is 1.68. The van der Waals surface area contributed by atoms with Gasteiger partial charge in [-0.05, 0) is 59.6 Å². The third-order valence-electron chi connectivity index (χ3n) is 3.90. The molecule has 0 spiro atoms. The quantitative estimate of drug-likeness (QED) is 0.485. The number of carboxylic acids is 1. The summed E-state index contributed by atoms with van der Waals surface area (Å²) in [6, 6.07) is 14.7. The molecule has 0 saturated heterocycles. The number of carbonyl (C=O) groups is 1. The lowest BCUT2D eigenvalue weighted by Gasteiger charge is -2.10. The van der Waals surface area contributed by atoms with Crippen molar-refractivity contribution in [3.63, 3.8) is 0 Å². The minimum atomic E-state index is -0.921. The summed E-state index contributed by atoms with van der Waals surface area (Å²) in [6.07, 6.45) is 1.43. The predicted octanol–water partition coefficient (Wildman–Crippen LogP) is 4.40. The van der Waals surface area contributed by atoms with E-state index in [0.717, 1.165) is 21.7 Å². The molecule has 1 heterocycles. The number of hydroxylamine groups is 1. The Hall–Kier alpha value is -2.94. The Kier molecular flexibility index (Phi) is 7.18. The normalized spacial score (nSPS) is 11.3. The van der Waals surface area contributed by atoms with Gasteiger partial charge in [-0.2, -0.15) is 0 Å². The SMILES string of the molecule is CONC(=CCC(=O)O)c1ccc(OCc2snnc2-c2ccc(Cl)cc2)cc1. The number of halogens is 1. The summed E-state index contributed by atoms with van der Waals surface area (Å²) < 4.78 is 9.90. The average molecular weight is 432 g/mol. The van der Waals surface area contributed by atoms with E-state index in [1.807, 2.05) is 36.4 Å². The van der Waals surface area contributed by atoms with Crippen LogP contribution in [0.15, 0.2) is 54.6 Å². The topological polar surface area (TPSA) is 93.6 Å². The molecule has 0 saturated carbocycles. The minimum absolute atomic E-state index is 0.115. The molecule has 0 aliphatic carbocycles. The lowest BCUT2D eigenvalue weighted by molar-refractivity contribution is -0.136. The molecule has 0 atom stereocenters. The fourth-order valence-electron chi connectivity index (χ4n) is 2.53. The first kappa shape index (κ1) is 20.8. The number of hydrogen-bond donors (Lipinski definition) is 2. The van der Waals surface area contributed by atoms with Crippen molar-refractivity contribution in [2.75, 3.05) is 7.11 Å². The lowest BCUT2D eigenvalue weighted by Crippen LogP contribution is -2.10. The van der Waals surface area contributed by atoms with Crippen LogP contribution in [-0.2, 0) is 16.2 Å². The highest BCUT2D eigenvalue weighted by atomic mass is 35.5. The van der Waals surface area contributed by atoms with Crippen molar-refractivity contribution in [1.82, 2.24) is 15.1 Å². The van der Waals surface area contributed by atoms with E-state index in [1.54, 1.807) is 18.2 Å². The Morgan fingerprint density at radius 2 is 1.93 bits per heavy atom. The van der Waals surface area contributed by atoms with Crippen LogP contribution >= 0.6 is 23.1 Å². The molecule has 0 aliphatic rings. The number of rotatable bonds is 9. The second-order valence-electron chi connectivity index (χ2n) is 5.89. The number of nitrogens with one attached hydrogen (secondary N) is 1. The summed E-state index contributed by atoms with van der Waals surface area (Å²) in [5.41, 5.74) is 5.73. The van der Waals surface area contributed by atoms with Gasteiger partial charge < -0.3 is 9.84 Å². The molecule has 2 aromatic carbocycles. The first-order valence-corrected chi connectivity index (χ1v) is 9.73. The fourth-order valence-corrected chi connectivity index (χ4v) is 3.23. The van der Waals surface area contributed by atoms with E-state index in [2.05, 4.69) is 15.1 Å². The van der Waals surface area contributed by atoms with Crippen LogP contribution < -0.4 is 10.2 Å². The van der Waals surface area contributed by atoms with Crippen molar-refractivity contribution in [1.29, 1.82) is 0 Å². The Bertz CT molecular complexity index is 988. The molecular formula is C20H18ClN3O4S. The number of nitrogens with zero attached hydrogens (tertiary/aromatic N) is 2. The van der Waals surface area contributed by atoms with Crippen molar-refractivity contribution in [2.24, 2.45) is 0 Å². The molecule has 0 bridgehead atoms. The second-order valence-corrected chi connectivity index (χ2v) is 7.16. The molecule has 0 unspecified atom stereocenters. The fraction of sp³-hybridized carbons (Fsp3) is 0.150. The molecule has 0 aliphatic heterocycles. The van der Waals surface area contributed by atoms with E-state index < -0.39 is 5.97 Å². The lowest BCUT2D eigenvalue weighted by atomic mass is 10.1. The van der Waals surface area contributed by atoms with Gasteiger partial charge in [0.05, 0.1) is 24.1 Å². The largest absolute Gasteiger partial charge is 0.488 e. The summed E-state index contributed by atoms with van der Waals surface area (Å²) in [6.45, 7) is 0.326. The maximum atomic E-state index is 10.8. The first-order valence-electron chi connectivity index (χ1n) is 8.58. The van der Waals surface area contributed by atoms with Gasteiger partial charge in [-0.15, -0.1) is 5.10 Å². The van der Waals surface area contributed by atoms with Gasteiger partial charge in [-0.1, -0.05) is 28.2 Å². The molecule has 0 radical (unpaired) electrons. The van der Waals surface area contributed by atoms with E-state index in [-0.39, 0.29) is 6.42 Å². The van der Waals surface area contributed by atoms with Crippen molar-refractivity contribution in [3.8, 4) is 17.0 Å². The zero-order valence-corrected chi connectivity index (χ0v) is 17.0. The van der Waals surface area contributed by atoms with Crippen LogP contribution in [0, 0.1) is 0 Å². The molecule has 0 amide bonds. The molecule has 3 rings (SSSR count). The highest BCUT2D eigenvalue weighted by Gasteiger charge is 2.11. The Morgan fingerprint density at radius 1 is 1.21 bits per heavy atom. The zero-order chi connectivity index (χ0) is 20.6. The molecule has 2 N–H and O–H groups in total. The highest BCUT2D eigenvalue weighted by Crippen LogP contribution is 2.27. The second kappa shape index (κ2) is 10.0. The van der Waals surface area contributed by atoms with Crippen LogP contribution in [0.25, 0.3) is 17.0 Å². The van der Waals surface area contributed by atoms with Crippen LogP contribution in [0.1, 0.15) is 16.9 Å². The molecule has 9 heteroatoms. The van der Waals surface area contributed by atoms with Crippen LogP contribution in [0.2, 0.25) is 5.02 Å². The molecule has 0 fully saturated rings. The summed E-state index contributed by atoms with van der Waals surface area (Å²) in [4.78, 5) is 16.6. The van der Waals surface area contributed by atoms with Gasteiger partial charge in [0.25, 0.3) is 0 Å². The number of carboxylic acid groups (broad SMARTS) is 1. The van der Waals surface area contributed by atoms with Crippen molar-refractivity contribution in [3.05, 3.63) is 70.1 Å². The number of ether oxygens (including phenoxy) is 1. The van der Waals surface area contributed by atoms with Crippen LogP contribution in [0.5, 0.6) is 5.75 Å². The van der Waals surface area contributed by atoms with E-state index in [9.17, 15) is 4.79 Å². The predicted molar refractivity (Wildman–Crippen MR) is 112 cm³/mol. The minimum Gasteiger partial charge on any atom is -0.488 e. The van der Waals surface area contributed by atoms with Crippen molar-refractivity contribution in [2.45, 2.75) is 13.0 Å². The van der Waals surface area contributed by atoms with E-state index in [4.69, 9.17) is 26.3 Å². The van der Waals surface area contributed by atoms with Crippen LogP contribution in [0.4, 0.5) is 0 Å². The average Bonchev–Trinajstić information content (AvgIpc) is 3.19. The first-order chi connectivity index (χ1) is 14.1. The van der Waals surface area contributed by atoms with Crippen LogP contribution in [0.3, 0.4) is 0 Å². The van der Waals surface area contributed by atoms with Gasteiger partial charge in [0.2, 0.25) is 0 Å². The van der Waals surface area contributed by atoms with Gasteiger partial charge in [-0.3, -0.25) is 15.1 Å². The van der Waals surface area contributed by atoms with Crippen LogP contribution in [-0.4, -0.2) is 27.8 Å².